The summed E-state index contributed by atoms with van der Waals surface area (Å²) in [5, 5.41) is 9.33. The maximum Gasteiger partial charge on any atom is 0.323 e. The topological polar surface area (TPSA) is 76.1 Å². The number of aliphatic carboxylic acids is 1. The van der Waals surface area contributed by atoms with Gasteiger partial charge < -0.3 is 19.5 Å². The average Bonchev–Trinajstić information content (AvgIpc) is 3.15. The fourth-order valence-corrected chi connectivity index (χ4v) is 4.46. The third kappa shape index (κ3) is 5.98. The Labute approximate surface area is 203 Å². The lowest BCUT2D eigenvalue weighted by Crippen LogP contribution is -2.36. The molecule has 3 aromatic rings. The molecular weight excluding hydrogens is 449 g/mol. The van der Waals surface area contributed by atoms with Gasteiger partial charge in [0.15, 0.2) is 0 Å². The average molecular weight is 478 g/mol. The van der Waals surface area contributed by atoms with Crippen LogP contribution in [0.1, 0.15) is 29.2 Å². The first-order valence-electron chi connectivity index (χ1n) is 11.4. The number of fused-ring (bicyclic) bond motifs is 1. The van der Waals surface area contributed by atoms with E-state index in [0.717, 1.165) is 22.4 Å². The zero-order chi connectivity index (χ0) is 25.0. The number of methoxy groups -OCH3 is 1. The Kier molecular flexibility index (Phi) is 7.05. The van der Waals surface area contributed by atoms with Crippen LogP contribution >= 0.6 is 0 Å². The molecule has 1 atom stereocenters. The van der Waals surface area contributed by atoms with Gasteiger partial charge in [-0.05, 0) is 53.4 Å². The van der Waals surface area contributed by atoms with Crippen molar-refractivity contribution in [3.05, 3.63) is 94.8 Å². The van der Waals surface area contributed by atoms with E-state index in [4.69, 9.17) is 9.47 Å². The van der Waals surface area contributed by atoms with E-state index in [9.17, 15) is 19.1 Å². The van der Waals surface area contributed by atoms with E-state index in [1.54, 1.807) is 31.4 Å². The number of carboxylic acids is 1. The van der Waals surface area contributed by atoms with Crippen LogP contribution in [0, 0.1) is 5.82 Å². The number of nitrogens with zero attached hydrogens (tertiary/aromatic N) is 1. The first-order chi connectivity index (χ1) is 16.7. The molecule has 3 aromatic carbocycles. The summed E-state index contributed by atoms with van der Waals surface area (Å²) in [6, 6.07) is 19.4. The van der Waals surface area contributed by atoms with Crippen molar-refractivity contribution in [1.82, 2.24) is 4.90 Å². The van der Waals surface area contributed by atoms with Crippen molar-refractivity contribution in [1.29, 1.82) is 0 Å². The van der Waals surface area contributed by atoms with Crippen LogP contribution in [0.2, 0.25) is 0 Å². The summed E-state index contributed by atoms with van der Waals surface area (Å²) >= 11 is 0. The van der Waals surface area contributed by atoms with Gasteiger partial charge in [0.25, 0.3) is 0 Å². The third-order valence-corrected chi connectivity index (χ3v) is 6.13. The maximum atomic E-state index is 14.2. The van der Waals surface area contributed by atoms with Gasteiger partial charge in [-0.3, -0.25) is 9.59 Å². The first-order valence-corrected chi connectivity index (χ1v) is 11.4. The van der Waals surface area contributed by atoms with Gasteiger partial charge in [0.1, 0.15) is 29.5 Å². The summed E-state index contributed by atoms with van der Waals surface area (Å²) < 4.78 is 25.5. The SMILES string of the molecule is COc1ccc(CN(CC(=O)O)C(=O)Cc2ccc3c(c2)CC(C)(Cc2ccccc2F)O3)cc1. The molecule has 0 fully saturated rings. The number of carboxylic acid groups (broad SMARTS) is 1. The molecule has 35 heavy (non-hydrogen) atoms. The maximum absolute atomic E-state index is 14.2. The quantitative estimate of drug-likeness (QED) is 0.494. The Balaban J connectivity index is 1.45. The summed E-state index contributed by atoms with van der Waals surface area (Å²) in [6.07, 6.45) is 1.08. The number of rotatable bonds is 9. The number of ether oxygens (including phenoxy) is 2. The molecule has 0 saturated heterocycles. The van der Waals surface area contributed by atoms with E-state index in [2.05, 4.69) is 0 Å². The van der Waals surface area contributed by atoms with Crippen LogP contribution in [-0.2, 0) is 35.4 Å². The monoisotopic (exact) mass is 477 g/mol. The van der Waals surface area contributed by atoms with Gasteiger partial charge in [0.2, 0.25) is 5.91 Å². The van der Waals surface area contributed by atoms with Gasteiger partial charge in [-0.1, -0.05) is 42.5 Å². The molecule has 0 aliphatic carbocycles. The zero-order valence-corrected chi connectivity index (χ0v) is 19.8. The molecule has 4 rings (SSSR count). The molecule has 0 radical (unpaired) electrons. The number of amides is 1. The van der Waals surface area contributed by atoms with Crippen molar-refractivity contribution in [2.24, 2.45) is 0 Å². The second kappa shape index (κ2) is 10.2. The van der Waals surface area contributed by atoms with Gasteiger partial charge in [-0.15, -0.1) is 0 Å². The molecule has 7 heteroatoms. The summed E-state index contributed by atoms with van der Waals surface area (Å²) in [5.74, 6) is -0.197. The highest BCUT2D eigenvalue weighted by molar-refractivity contribution is 5.83. The Hall–Kier alpha value is -3.87. The Morgan fingerprint density at radius 2 is 1.80 bits per heavy atom. The minimum absolute atomic E-state index is 0.0702. The molecule has 1 unspecified atom stereocenters. The molecule has 1 aliphatic heterocycles. The predicted molar refractivity (Wildman–Crippen MR) is 129 cm³/mol. The second-order valence-electron chi connectivity index (χ2n) is 9.11. The lowest BCUT2D eigenvalue weighted by atomic mass is 9.91. The minimum atomic E-state index is -1.07. The normalized spacial score (nSPS) is 16.3. The minimum Gasteiger partial charge on any atom is -0.497 e. The largest absolute Gasteiger partial charge is 0.497 e. The molecule has 0 aromatic heterocycles. The second-order valence-corrected chi connectivity index (χ2v) is 9.11. The molecule has 0 bridgehead atoms. The molecule has 0 saturated carbocycles. The number of hydrogen-bond acceptors (Lipinski definition) is 4. The van der Waals surface area contributed by atoms with Crippen LogP contribution in [0.4, 0.5) is 4.39 Å². The first kappa shape index (κ1) is 24.3. The van der Waals surface area contributed by atoms with Gasteiger partial charge in [-0.2, -0.15) is 0 Å². The van der Waals surface area contributed by atoms with Gasteiger partial charge in [0.05, 0.1) is 13.5 Å². The molecule has 0 spiro atoms. The van der Waals surface area contributed by atoms with E-state index >= 15 is 0 Å². The summed E-state index contributed by atoms with van der Waals surface area (Å²) in [4.78, 5) is 25.8. The Bertz CT molecular complexity index is 1230. The van der Waals surface area contributed by atoms with Gasteiger partial charge >= 0.3 is 5.97 Å². The van der Waals surface area contributed by atoms with E-state index in [1.165, 1.54) is 11.0 Å². The van der Waals surface area contributed by atoms with Crippen LogP contribution in [0.25, 0.3) is 0 Å². The van der Waals surface area contributed by atoms with Crippen molar-refractivity contribution in [3.63, 3.8) is 0 Å². The standard InChI is InChI=1S/C28H28FNO5/c1-28(15-21-5-3-4-6-24(21)29)16-22-13-20(9-12-25(22)35-28)14-26(31)30(18-27(32)33)17-19-7-10-23(34-2)11-8-19/h3-13H,14-18H2,1-2H3,(H,32,33). The molecule has 1 amide bonds. The van der Waals surface area contributed by atoms with Crippen molar-refractivity contribution < 1.29 is 28.6 Å². The van der Waals surface area contributed by atoms with Crippen molar-refractivity contribution in [2.45, 2.75) is 38.3 Å². The number of halogens is 1. The zero-order valence-electron chi connectivity index (χ0n) is 19.8. The summed E-state index contributed by atoms with van der Waals surface area (Å²) in [5.41, 5.74) is 2.55. The summed E-state index contributed by atoms with van der Waals surface area (Å²) in [7, 11) is 1.57. The fraction of sp³-hybridized carbons (Fsp3) is 0.286. The lowest BCUT2D eigenvalue weighted by Gasteiger charge is -2.24. The van der Waals surface area contributed by atoms with Crippen LogP contribution in [0.5, 0.6) is 11.5 Å². The number of benzene rings is 3. The molecule has 182 valence electrons. The molecule has 1 N–H and O–H groups in total. The van der Waals surface area contributed by atoms with E-state index < -0.39 is 11.6 Å². The molecule has 6 nitrogen and oxygen atoms in total. The van der Waals surface area contributed by atoms with Gasteiger partial charge in [-0.25, -0.2) is 4.39 Å². The highest BCUT2D eigenvalue weighted by Crippen LogP contribution is 2.38. The van der Waals surface area contributed by atoms with E-state index in [1.807, 2.05) is 43.3 Å². The van der Waals surface area contributed by atoms with Crippen LogP contribution in [0.15, 0.2) is 66.7 Å². The van der Waals surface area contributed by atoms with Crippen LogP contribution in [-0.4, -0.2) is 41.1 Å². The lowest BCUT2D eigenvalue weighted by molar-refractivity contribution is -0.144. The Morgan fingerprint density at radius 3 is 2.49 bits per heavy atom. The van der Waals surface area contributed by atoms with Crippen molar-refractivity contribution in [2.75, 3.05) is 13.7 Å². The van der Waals surface area contributed by atoms with Crippen molar-refractivity contribution >= 4 is 11.9 Å². The fourth-order valence-electron chi connectivity index (χ4n) is 4.46. The van der Waals surface area contributed by atoms with Crippen LogP contribution in [0.3, 0.4) is 0 Å². The van der Waals surface area contributed by atoms with Crippen LogP contribution < -0.4 is 9.47 Å². The highest BCUT2D eigenvalue weighted by Gasteiger charge is 2.36. The number of hydrogen-bond donors (Lipinski definition) is 1. The van der Waals surface area contributed by atoms with E-state index in [0.29, 0.717) is 24.2 Å². The Morgan fingerprint density at radius 1 is 1.09 bits per heavy atom. The smallest absolute Gasteiger partial charge is 0.323 e. The predicted octanol–water partition coefficient (Wildman–Crippen LogP) is 4.43. The number of carbonyl (C=O) groups excluding carboxylic acids is 1. The molecule has 1 aliphatic rings. The van der Waals surface area contributed by atoms with E-state index in [-0.39, 0.29) is 31.2 Å². The number of carbonyl (C=O) groups is 2. The third-order valence-electron chi connectivity index (χ3n) is 6.13. The molecular formula is C28H28FNO5. The summed E-state index contributed by atoms with van der Waals surface area (Å²) in [6.45, 7) is 1.75. The highest BCUT2D eigenvalue weighted by atomic mass is 19.1. The van der Waals surface area contributed by atoms with Gasteiger partial charge in [0, 0.05) is 19.4 Å². The van der Waals surface area contributed by atoms with Crippen molar-refractivity contribution in [3.8, 4) is 11.5 Å². The molecule has 1 heterocycles.